The van der Waals surface area contributed by atoms with E-state index in [-0.39, 0.29) is 17.3 Å². The largest absolute Gasteiger partial charge is 0.350 e. The van der Waals surface area contributed by atoms with Gasteiger partial charge in [0.1, 0.15) is 11.6 Å². The molecule has 7 nitrogen and oxygen atoms in total. The normalized spacial score (nSPS) is 14.1. The van der Waals surface area contributed by atoms with Crippen molar-refractivity contribution in [1.29, 1.82) is 0 Å². The maximum absolute atomic E-state index is 14.0. The van der Waals surface area contributed by atoms with Crippen LogP contribution in [0.2, 0.25) is 0 Å². The average molecular weight is 343 g/mol. The van der Waals surface area contributed by atoms with Crippen molar-refractivity contribution in [2.24, 2.45) is 0 Å². The van der Waals surface area contributed by atoms with Crippen LogP contribution in [-0.4, -0.2) is 27.5 Å². The van der Waals surface area contributed by atoms with Gasteiger partial charge in [-0.05, 0) is 19.4 Å². The van der Waals surface area contributed by atoms with Crippen LogP contribution in [0.4, 0.5) is 27.5 Å². The Morgan fingerprint density at radius 3 is 3.00 bits per heavy atom. The standard InChI is InChI=1S/C17H18FN5O2/c1-3-11(2)22-8-4-5-12-10-19-17(21-16(12)22)20-15-9-13(23(24)25)6-7-14(15)18/h4-7,9-11H,3,8H2,1-2H3,(H,19,20,21). The number of nitro benzene ring substituents is 1. The van der Waals surface area contributed by atoms with Crippen molar-refractivity contribution in [3.63, 3.8) is 0 Å². The Labute approximate surface area is 144 Å². The first kappa shape index (κ1) is 16.8. The first-order valence-electron chi connectivity index (χ1n) is 8.00. The molecular formula is C17H18FN5O2. The molecule has 1 atom stereocenters. The lowest BCUT2D eigenvalue weighted by Crippen LogP contribution is -2.35. The van der Waals surface area contributed by atoms with E-state index in [9.17, 15) is 14.5 Å². The van der Waals surface area contributed by atoms with Crippen molar-refractivity contribution in [3.8, 4) is 0 Å². The molecule has 0 bridgehead atoms. The van der Waals surface area contributed by atoms with E-state index in [2.05, 4.69) is 34.0 Å². The minimum Gasteiger partial charge on any atom is -0.350 e. The number of nitro groups is 1. The predicted molar refractivity (Wildman–Crippen MR) is 94.5 cm³/mol. The number of benzene rings is 1. The lowest BCUT2D eigenvalue weighted by Gasteiger charge is -2.32. The van der Waals surface area contributed by atoms with Crippen LogP contribution >= 0.6 is 0 Å². The van der Waals surface area contributed by atoms with E-state index in [1.165, 1.54) is 0 Å². The van der Waals surface area contributed by atoms with Gasteiger partial charge in [0.05, 0.1) is 10.6 Å². The molecule has 0 saturated heterocycles. The topological polar surface area (TPSA) is 84.2 Å². The average Bonchev–Trinajstić information content (AvgIpc) is 2.62. The third kappa shape index (κ3) is 3.42. The Morgan fingerprint density at radius 2 is 2.28 bits per heavy atom. The number of non-ortho nitro benzene ring substituents is 1. The lowest BCUT2D eigenvalue weighted by molar-refractivity contribution is -0.384. The third-order valence-electron chi connectivity index (χ3n) is 4.20. The highest BCUT2D eigenvalue weighted by Gasteiger charge is 2.20. The molecule has 130 valence electrons. The molecule has 1 N–H and O–H groups in total. The van der Waals surface area contributed by atoms with Crippen molar-refractivity contribution in [2.45, 2.75) is 26.3 Å². The zero-order valence-electron chi connectivity index (χ0n) is 13.9. The van der Waals surface area contributed by atoms with Crippen LogP contribution in [0, 0.1) is 15.9 Å². The molecule has 1 aliphatic heterocycles. The van der Waals surface area contributed by atoms with Gasteiger partial charge in [0.15, 0.2) is 0 Å². The molecular weight excluding hydrogens is 325 g/mol. The maximum Gasteiger partial charge on any atom is 0.271 e. The van der Waals surface area contributed by atoms with Crippen LogP contribution in [0.5, 0.6) is 0 Å². The zero-order valence-corrected chi connectivity index (χ0v) is 13.9. The van der Waals surface area contributed by atoms with E-state index in [1.54, 1.807) is 6.20 Å². The molecule has 1 aliphatic rings. The van der Waals surface area contributed by atoms with E-state index in [1.807, 2.05) is 12.2 Å². The number of aromatic nitrogens is 2. The fraction of sp³-hybridized carbons (Fsp3) is 0.294. The van der Waals surface area contributed by atoms with Gasteiger partial charge in [-0.1, -0.05) is 19.1 Å². The SMILES string of the molecule is CCC(C)N1CC=Cc2cnc(Nc3cc([N+](=O)[O-])ccc3F)nc21. The maximum atomic E-state index is 14.0. The van der Waals surface area contributed by atoms with Gasteiger partial charge in [0.2, 0.25) is 5.95 Å². The molecule has 1 aromatic carbocycles. The van der Waals surface area contributed by atoms with Crippen LogP contribution in [0.25, 0.3) is 6.08 Å². The fourth-order valence-corrected chi connectivity index (χ4v) is 2.62. The van der Waals surface area contributed by atoms with E-state index in [4.69, 9.17) is 0 Å². The van der Waals surface area contributed by atoms with Gasteiger partial charge in [-0.2, -0.15) is 4.98 Å². The van der Waals surface area contributed by atoms with Crippen molar-refractivity contribution in [3.05, 3.63) is 52.0 Å². The van der Waals surface area contributed by atoms with Crippen LogP contribution in [0.3, 0.4) is 0 Å². The summed E-state index contributed by atoms with van der Waals surface area (Å²) < 4.78 is 14.0. The third-order valence-corrected chi connectivity index (χ3v) is 4.20. The number of hydrogen-bond donors (Lipinski definition) is 1. The first-order valence-corrected chi connectivity index (χ1v) is 8.00. The zero-order chi connectivity index (χ0) is 18.0. The quantitative estimate of drug-likeness (QED) is 0.655. The van der Waals surface area contributed by atoms with Gasteiger partial charge in [0, 0.05) is 36.5 Å². The van der Waals surface area contributed by atoms with Crippen LogP contribution in [-0.2, 0) is 0 Å². The Morgan fingerprint density at radius 1 is 1.48 bits per heavy atom. The summed E-state index contributed by atoms with van der Waals surface area (Å²) in [5.74, 6) is 0.354. The number of hydrogen-bond acceptors (Lipinski definition) is 6. The molecule has 0 aliphatic carbocycles. The second-order valence-corrected chi connectivity index (χ2v) is 5.83. The molecule has 0 amide bonds. The second-order valence-electron chi connectivity index (χ2n) is 5.83. The summed E-state index contributed by atoms with van der Waals surface area (Å²) in [4.78, 5) is 21.1. The predicted octanol–water partition coefficient (Wildman–Crippen LogP) is 3.90. The highest BCUT2D eigenvalue weighted by Crippen LogP contribution is 2.29. The summed E-state index contributed by atoms with van der Waals surface area (Å²) >= 11 is 0. The van der Waals surface area contributed by atoms with Crippen LogP contribution < -0.4 is 10.2 Å². The summed E-state index contributed by atoms with van der Waals surface area (Å²) in [6, 6.07) is 3.59. The number of halogens is 1. The van der Waals surface area contributed by atoms with Gasteiger partial charge >= 0.3 is 0 Å². The lowest BCUT2D eigenvalue weighted by atomic mass is 10.1. The Balaban J connectivity index is 1.94. The minimum atomic E-state index is -0.606. The number of nitrogens with zero attached hydrogens (tertiary/aromatic N) is 4. The first-order chi connectivity index (χ1) is 12.0. The van der Waals surface area contributed by atoms with Gasteiger partial charge in [-0.15, -0.1) is 0 Å². The Hall–Kier alpha value is -3.03. The molecule has 0 radical (unpaired) electrons. The van der Waals surface area contributed by atoms with E-state index < -0.39 is 10.7 Å². The summed E-state index contributed by atoms with van der Waals surface area (Å²) in [7, 11) is 0. The Kier molecular flexibility index (Phi) is 4.60. The van der Waals surface area contributed by atoms with E-state index >= 15 is 0 Å². The Bertz CT molecular complexity index is 840. The van der Waals surface area contributed by atoms with Crippen LogP contribution in [0.15, 0.2) is 30.5 Å². The van der Waals surface area contributed by atoms with Crippen molar-refractivity contribution >= 4 is 29.2 Å². The molecule has 1 unspecified atom stereocenters. The second kappa shape index (κ2) is 6.84. The molecule has 0 saturated carbocycles. The summed E-state index contributed by atoms with van der Waals surface area (Å²) in [6.45, 7) is 4.95. The molecule has 25 heavy (non-hydrogen) atoms. The van der Waals surface area contributed by atoms with Gasteiger partial charge < -0.3 is 10.2 Å². The highest BCUT2D eigenvalue weighted by atomic mass is 19.1. The van der Waals surface area contributed by atoms with Crippen LogP contribution in [0.1, 0.15) is 25.8 Å². The molecule has 3 rings (SSSR count). The molecule has 0 spiro atoms. The van der Waals surface area contributed by atoms with E-state index in [0.29, 0.717) is 6.04 Å². The van der Waals surface area contributed by atoms with Gasteiger partial charge in [-0.3, -0.25) is 10.1 Å². The molecule has 0 fully saturated rings. The number of nitrogens with one attached hydrogen (secondary N) is 1. The summed E-state index contributed by atoms with van der Waals surface area (Å²) in [6.07, 6.45) is 6.61. The van der Waals surface area contributed by atoms with Crippen molar-refractivity contribution in [2.75, 3.05) is 16.8 Å². The van der Waals surface area contributed by atoms with Gasteiger partial charge in [-0.25, -0.2) is 9.37 Å². The summed E-state index contributed by atoms with van der Waals surface area (Å²) in [5, 5.41) is 13.6. The van der Waals surface area contributed by atoms with Crippen molar-refractivity contribution in [1.82, 2.24) is 9.97 Å². The van der Waals surface area contributed by atoms with E-state index in [0.717, 1.165) is 42.5 Å². The fourth-order valence-electron chi connectivity index (χ4n) is 2.62. The number of fused-ring (bicyclic) bond motifs is 1. The summed E-state index contributed by atoms with van der Waals surface area (Å²) in [5.41, 5.74) is 0.651. The highest BCUT2D eigenvalue weighted by molar-refractivity contribution is 5.69. The molecule has 2 heterocycles. The van der Waals surface area contributed by atoms with Gasteiger partial charge in [0.25, 0.3) is 5.69 Å². The number of rotatable bonds is 5. The smallest absolute Gasteiger partial charge is 0.271 e. The molecule has 2 aromatic rings. The number of anilines is 3. The molecule has 8 heteroatoms. The minimum absolute atomic E-state index is 0.0319. The van der Waals surface area contributed by atoms with Crippen molar-refractivity contribution < 1.29 is 9.31 Å². The monoisotopic (exact) mass is 343 g/mol. The molecule has 1 aromatic heterocycles.